The van der Waals surface area contributed by atoms with E-state index in [1.807, 2.05) is 0 Å². The van der Waals surface area contributed by atoms with E-state index in [4.69, 9.17) is 18.9 Å². The average Bonchev–Trinajstić information content (AvgIpc) is 3.02. The third-order valence-corrected chi connectivity index (χ3v) is 2.79. The van der Waals surface area contributed by atoms with E-state index >= 15 is 0 Å². The Kier molecular flexibility index (Phi) is 24.3. The number of rotatable bonds is 2. The molecule has 149 valence electrons. The zero-order valence-corrected chi connectivity index (χ0v) is 16.8. The molecule has 2 saturated heterocycles. The number of esters is 2. The van der Waals surface area contributed by atoms with Gasteiger partial charge in [-0.25, -0.2) is 7.11 Å². The largest absolute Gasteiger partial charge is 0.640 e. The Balaban J connectivity index is -0.000000174. The van der Waals surface area contributed by atoms with Gasteiger partial charge in [0.1, 0.15) is 18.3 Å². The second-order valence-electron chi connectivity index (χ2n) is 4.44. The van der Waals surface area contributed by atoms with E-state index in [1.165, 1.54) is 21.0 Å². The van der Waals surface area contributed by atoms with E-state index < -0.39 is 0 Å². The molecule has 1 radical (unpaired) electrons. The van der Waals surface area contributed by atoms with Gasteiger partial charge >= 0.3 is 5.97 Å². The summed E-state index contributed by atoms with van der Waals surface area (Å²) in [6.45, 7) is 3.58. The van der Waals surface area contributed by atoms with Gasteiger partial charge in [-0.3, -0.25) is 9.59 Å². The van der Waals surface area contributed by atoms with E-state index in [0.29, 0.717) is 13.2 Å². The molecular weight excluding hydrogens is 409 g/mol. The molecule has 4 atom stereocenters. The molecule has 9 heteroatoms. The second kappa shape index (κ2) is 18.7. The molecule has 2 fully saturated rings. The Bertz CT molecular complexity index is 340. The van der Waals surface area contributed by atoms with E-state index in [1.54, 1.807) is 7.11 Å². The first-order chi connectivity index (χ1) is 10.4. The molecular formula is C16H32O8Y-2. The Morgan fingerprint density at radius 1 is 0.920 bits per heavy atom. The van der Waals surface area contributed by atoms with Crippen LogP contribution in [0.15, 0.2) is 0 Å². The van der Waals surface area contributed by atoms with E-state index in [9.17, 15) is 9.59 Å². The van der Waals surface area contributed by atoms with Gasteiger partial charge in [-0.05, 0) is 7.11 Å². The second-order valence-corrected chi connectivity index (χ2v) is 4.44. The quantitative estimate of drug-likeness (QED) is 0.473. The Morgan fingerprint density at radius 3 is 1.60 bits per heavy atom. The summed E-state index contributed by atoms with van der Waals surface area (Å²) < 4.78 is 29.1. The first-order valence-electron chi connectivity index (χ1n) is 6.55. The van der Waals surface area contributed by atoms with Crippen molar-refractivity contribution in [2.45, 2.75) is 53.1 Å². The molecule has 0 amide bonds. The van der Waals surface area contributed by atoms with Crippen LogP contribution in [0.1, 0.15) is 28.7 Å². The van der Waals surface area contributed by atoms with Crippen molar-refractivity contribution < 1.29 is 70.7 Å². The summed E-state index contributed by atoms with van der Waals surface area (Å²) in [6, 6.07) is 0. The van der Waals surface area contributed by atoms with Gasteiger partial charge in [0, 0.05) is 53.7 Å². The van der Waals surface area contributed by atoms with Crippen molar-refractivity contribution in [1.29, 1.82) is 0 Å². The molecule has 25 heavy (non-hydrogen) atoms. The molecule has 2 aliphatic rings. The van der Waals surface area contributed by atoms with Crippen LogP contribution >= 0.6 is 0 Å². The molecule has 8 nitrogen and oxygen atoms in total. The Labute approximate surface area is 177 Å². The smallest absolute Gasteiger partial charge is 0.303 e. The standard InChI is InChI=1S/C9H14O5.C3H5O2.C2H5O.2CH4.Y/c1-5(10)14-7-4-13-8-6(11-2)3-12-9(7)8;1-3(4)5-2;1-3-2;;;/h6-9H,3-4H2,1-2H3;2H2,1H3;1H2,2H3;2*1H4;/q;2*-1;;;. The molecule has 0 aromatic heterocycles. The minimum Gasteiger partial charge on any atom is -0.640 e. The molecule has 2 heterocycles. The number of hydrogen-bond donors (Lipinski definition) is 0. The minimum atomic E-state index is -0.356. The summed E-state index contributed by atoms with van der Waals surface area (Å²) >= 11 is 0. The van der Waals surface area contributed by atoms with Gasteiger partial charge in [-0.15, -0.1) is 0 Å². The minimum absolute atomic E-state index is 0. The molecule has 4 unspecified atom stereocenters. The third-order valence-electron chi connectivity index (χ3n) is 2.79. The van der Waals surface area contributed by atoms with E-state index in [2.05, 4.69) is 23.7 Å². The van der Waals surface area contributed by atoms with Crippen molar-refractivity contribution in [3.8, 4) is 0 Å². The third kappa shape index (κ3) is 12.8. The van der Waals surface area contributed by atoms with Crippen LogP contribution in [-0.2, 0) is 70.7 Å². The summed E-state index contributed by atoms with van der Waals surface area (Å²) in [7, 11) is 8.96. The fraction of sp³-hybridized carbons (Fsp3) is 0.750. The van der Waals surface area contributed by atoms with Crippen molar-refractivity contribution in [2.24, 2.45) is 0 Å². The van der Waals surface area contributed by atoms with Gasteiger partial charge in [0.05, 0.1) is 13.2 Å². The monoisotopic (exact) mass is 441 g/mol. The average molecular weight is 441 g/mol. The molecule has 0 aliphatic carbocycles. The predicted molar refractivity (Wildman–Crippen MR) is 88.8 cm³/mol. The number of carbonyl (C=O) groups excluding carboxylic acids is 2. The molecule has 0 aromatic carbocycles. The van der Waals surface area contributed by atoms with Crippen LogP contribution in [-0.4, -0.2) is 63.8 Å². The Hall–Kier alpha value is -0.116. The zero-order valence-electron chi connectivity index (χ0n) is 14.0. The van der Waals surface area contributed by atoms with Crippen molar-refractivity contribution in [3.63, 3.8) is 0 Å². The van der Waals surface area contributed by atoms with Crippen LogP contribution in [0.2, 0.25) is 0 Å². The van der Waals surface area contributed by atoms with Gasteiger partial charge in [-0.1, -0.05) is 14.9 Å². The number of fused-ring (bicyclic) bond motifs is 1. The maximum absolute atomic E-state index is 10.8. The number of carbonyl (C=O) groups is 2. The summed E-state index contributed by atoms with van der Waals surface area (Å²) in [5.41, 5.74) is 0. The van der Waals surface area contributed by atoms with E-state index in [0.717, 1.165) is 0 Å². The van der Waals surface area contributed by atoms with Gasteiger partial charge in [0.15, 0.2) is 6.10 Å². The summed E-state index contributed by atoms with van der Waals surface area (Å²) in [5.74, 6) is -0.659. The summed E-state index contributed by atoms with van der Waals surface area (Å²) in [6.07, 6.45) is -0.577. The van der Waals surface area contributed by atoms with E-state index in [-0.39, 0.29) is 83.9 Å². The molecule has 2 rings (SSSR count). The van der Waals surface area contributed by atoms with Crippen molar-refractivity contribution in [2.75, 3.05) is 27.4 Å². The van der Waals surface area contributed by atoms with Crippen LogP contribution in [0.3, 0.4) is 0 Å². The topological polar surface area (TPSA) is 89.5 Å². The fourth-order valence-electron chi connectivity index (χ4n) is 1.95. The number of hydrogen-bond acceptors (Lipinski definition) is 8. The SMILES string of the molecule is C.C.COC1COC2C(OC(C)=O)COC12.[CH2-]OC.[CH2-]OC(C)=O.[Y]. The van der Waals surface area contributed by atoms with Crippen LogP contribution in [0.5, 0.6) is 0 Å². The van der Waals surface area contributed by atoms with Crippen LogP contribution in [0, 0.1) is 14.2 Å². The zero-order chi connectivity index (χ0) is 17.1. The number of methoxy groups -OCH3 is 2. The van der Waals surface area contributed by atoms with Crippen molar-refractivity contribution in [3.05, 3.63) is 14.2 Å². The first kappa shape index (κ1) is 32.5. The molecule has 0 aromatic rings. The Morgan fingerprint density at radius 2 is 1.28 bits per heavy atom. The first-order valence-corrected chi connectivity index (χ1v) is 6.55. The summed E-state index contributed by atoms with van der Waals surface area (Å²) in [4.78, 5) is 20.3. The number of ether oxygens (including phenoxy) is 6. The van der Waals surface area contributed by atoms with Gasteiger partial charge in [-0.2, -0.15) is 7.11 Å². The molecule has 0 N–H and O–H groups in total. The maximum atomic E-state index is 10.8. The van der Waals surface area contributed by atoms with Crippen molar-refractivity contribution >= 4 is 11.9 Å². The fourth-order valence-corrected chi connectivity index (χ4v) is 1.95. The van der Waals surface area contributed by atoms with Crippen LogP contribution < -0.4 is 0 Å². The molecule has 0 spiro atoms. The predicted octanol–water partition coefficient (Wildman–Crippen LogP) is 1.77. The van der Waals surface area contributed by atoms with Gasteiger partial charge in [0.25, 0.3) is 5.97 Å². The van der Waals surface area contributed by atoms with Crippen LogP contribution in [0.25, 0.3) is 0 Å². The molecule has 2 aliphatic heterocycles. The van der Waals surface area contributed by atoms with Gasteiger partial charge < -0.3 is 28.4 Å². The maximum Gasteiger partial charge on any atom is 0.303 e. The van der Waals surface area contributed by atoms with Gasteiger partial charge in [0.2, 0.25) is 0 Å². The normalized spacial score (nSPS) is 25.0. The molecule has 0 bridgehead atoms. The van der Waals surface area contributed by atoms with Crippen molar-refractivity contribution in [1.82, 2.24) is 0 Å². The molecule has 0 saturated carbocycles. The summed E-state index contributed by atoms with van der Waals surface area (Å²) in [5, 5.41) is 0. The van der Waals surface area contributed by atoms with Crippen LogP contribution in [0.4, 0.5) is 0 Å².